The highest BCUT2D eigenvalue weighted by atomic mass is 32.2. The van der Waals surface area contributed by atoms with Gasteiger partial charge in [0.2, 0.25) is 0 Å². The zero-order valence-electron chi connectivity index (χ0n) is 19.8. The van der Waals surface area contributed by atoms with E-state index in [4.69, 9.17) is 9.47 Å². The third-order valence-corrected chi connectivity index (χ3v) is 6.41. The van der Waals surface area contributed by atoms with Crippen molar-refractivity contribution in [2.24, 2.45) is 0 Å². The fourth-order valence-electron chi connectivity index (χ4n) is 3.43. The van der Waals surface area contributed by atoms with Crippen LogP contribution in [0.2, 0.25) is 0 Å². The van der Waals surface area contributed by atoms with E-state index >= 15 is 0 Å². The Morgan fingerprint density at radius 1 is 0.882 bits per heavy atom. The summed E-state index contributed by atoms with van der Waals surface area (Å²) < 4.78 is 27.6. The molecule has 0 aliphatic rings. The van der Waals surface area contributed by atoms with Crippen molar-refractivity contribution in [3.8, 4) is 17.2 Å². The van der Waals surface area contributed by atoms with Crippen LogP contribution in [0, 0.1) is 5.82 Å². The second kappa shape index (κ2) is 10.3. The van der Waals surface area contributed by atoms with Gasteiger partial charge in [-0.2, -0.15) is 0 Å². The van der Waals surface area contributed by atoms with Gasteiger partial charge in [-0.3, -0.25) is 4.57 Å². The maximum Gasteiger partial charge on any atom is 0.196 e. The number of benzene rings is 3. The number of para-hydroxylation sites is 1. The normalized spacial score (nSPS) is 11.4. The molecule has 0 fully saturated rings. The summed E-state index contributed by atoms with van der Waals surface area (Å²) >= 11 is 1.52. The van der Waals surface area contributed by atoms with E-state index in [1.54, 1.807) is 29.9 Å². The Morgan fingerprint density at radius 3 is 2.21 bits per heavy atom. The van der Waals surface area contributed by atoms with Gasteiger partial charge in [-0.05, 0) is 52.9 Å². The van der Waals surface area contributed by atoms with E-state index in [0.29, 0.717) is 28.2 Å². The summed E-state index contributed by atoms with van der Waals surface area (Å²) in [7, 11) is 1.62. The molecule has 34 heavy (non-hydrogen) atoms. The van der Waals surface area contributed by atoms with E-state index in [9.17, 15) is 4.39 Å². The van der Waals surface area contributed by atoms with E-state index in [-0.39, 0.29) is 17.8 Å². The average molecular weight is 478 g/mol. The smallest absolute Gasteiger partial charge is 0.196 e. The molecule has 0 amide bonds. The molecule has 0 aliphatic carbocycles. The van der Waals surface area contributed by atoms with E-state index in [2.05, 4.69) is 55.2 Å². The minimum atomic E-state index is -0.343. The first kappa shape index (κ1) is 23.8. The quantitative estimate of drug-likeness (QED) is 0.268. The van der Waals surface area contributed by atoms with E-state index in [0.717, 1.165) is 11.3 Å². The Morgan fingerprint density at radius 2 is 1.56 bits per heavy atom. The van der Waals surface area contributed by atoms with Gasteiger partial charge in [-0.15, -0.1) is 10.2 Å². The number of rotatable bonds is 8. The molecule has 0 N–H and O–H groups in total. The van der Waals surface area contributed by atoms with Crippen molar-refractivity contribution in [3.63, 3.8) is 0 Å². The van der Waals surface area contributed by atoms with Gasteiger partial charge in [-0.1, -0.05) is 68.9 Å². The fraction of sp³-hybridized carbons (Fsp3) is 0.259. The molecule has 0 spiro atoms. The van der Waals surface area contributed by atoms with Gasteiger partial charge >= 0.3 is 0 Å². The molecule has 0 saturated heterocycles. The average Bonchev–Trinajstić information content (AvgIpc) is 3.24. The number of halogens is 1. The van der Waals surface area contributed by atoms with Crippen LogP contribution in [0.1, 0.15) is 37.7 Å². The number of thioether (sulfide) groups is 1. The minimum absolute atomic E-state index is 0.107. The first-order chi connectivity index (χ1) is 16.3. The van der Waals surface area contributed by atoms with Crippen molar-refractivity contribution in [1.29, 1.82) is 0 Å². The number of ether oxygens (including phenoxy) is 2. The Bertz CT molecular complexity index is 1230. The van der Waals surface area contributed by atoms with Crippen LogP contribution in [0.25, 0.3) is 5.69 Å². The number of nitrogens with zero attached hydrogens (tertiary/aromatic N) is 3. The maximum atomic E-state index is 14.7. The minimum Gasteiger partial charge on any atom is -0.497 e. The molecule has 0 bridgehead atoms. The van der Waals surface area contributed by atoms with Crippen LogP contribution in [0.4, 0.5) is 4.39 Å². The van der Waals surface area contributed by atoms with Crippen LogP contribution in [-0.4, -0.2) is 21.9 Å². The largest absolute Gasteiger partial charge is 0.497 e. The van der Waals surface area contributed by atoms with E-state index < -0.39 is 0 Å². The lowest BCUT2D eigenvalue weighted by Crippen LogP contribution is -2.10. The molecule has 0 atom stereocenters. The maximum absolute atomic E-state index is 14.7. The lowest BCUT2D eigenvalue weighted by atomic mass is 9.87. The molecular formula is C27H28FN3O2S. The van der Waals surface area contributed by atoms with Gasteiger partial charge < -0.3 is 9.47 Å². The van der Waals surface area contributed by atoms with Gasteiger partial charge in [-0.25, -0.2) is 4.39 Å². The first-order valence-electron chi connectivity index (χ1n) is 11.0. The molecule has 176 valence electrons. The summed E-state index contributed by atoms with van der Waals surface area (Å²) in [5, 5.41) is 9.28. The highest BCUT2D eigenvalue weighted by Crippen LogP contribution is 2.29. The fourth-order valence-corrected chi connectivity index (χ4v) is 4.35. The monoisotopic (exact) mass is 477 g/mol. The molecule has 7 heteroatoms. The SMILES string of the molecule is COc1ccc(OCc2nnc(SCc3ccc(C(C)(C)C)cc3)n2-c2ccccc2F)cc1. The molecule has 1 heterocycles. The topological polar surface area (TPSA) is 49.2 Å². The molecule has 3 aromatic carbocycles. The molecule has 0 saturated carbocycles. The van der Waals surface area contributed by atoms with Crippen molar-refractivity contribution < 1.29 is 13.9 Å². The third kappa shape index (κ3) is 5.59. The first-order valence-corrected chi connectivity index (χ1v) is 12.0. The van der Waals surface area contributed by atoms with Crippen molar-refractivity contribution in [2.75, 3.05) is 7.11 Å². The van der Waals surface area contributed by atoms with Gasteiger partial charge in [0.25, 0.3) is 0 Å². The van der Waals surface area contributed by atoms with Crippen LogP contribution >= 0.6 is 11.8 Å². The van der Waals surface area contributed by atoms with Crippen molar-refractivity contribution in [2.45, 2.75) is 43.7 Å². The summed E-state index contributed by atoms with van der Waals surface area (Å²) in [4.78, 5) is 0. The Kier molecular flexibility index (Phi) is 7.22. The van der Waals surface area contributed by atoms with Crippen molar-refractivity contribution in [3.05, 3.63) is 95.6 Å². The number of hydrogen-bond acceptors (Lipinski definition) is 5. The Balaban J connectivity index is 1.56. The van der Waals surface area contributed by atoms with E-state index in [1.165, 1.54) is 23.4 Å². The van der Waals surface area contributed by atoms with Gasteiger partial charge in [0, 0.05) is 5.75 Å². The molecule has 4 aromatic rings. The van der Waals surface area contributed by atoms with Gasteiger partial charge in [0.15, 0.2) is 11.0 Å². The highest BCUT2D eigenvalue weighted by molar-refractivity contribution is 7.98. The molecule has 0 unspecified atom stereocenters. The van der Waals surface area contributed by atoms with Crippen LogP contribution < -0.4 is 9.47 Å². The summed E-state index contributed by atoms with van der Waals surface area (Å²) in [6.07, 6.45) is 0. The van der Waals surface area contributed by atoms with E-state index in [1.807, 2.05) is 24.3 Å². The Labute approximate surface area is 203 Å². The van der Waals surface area contributed by atoms with Crippen LogP contribution in [0.15, 0.2) is 78.0 Å². The predicted molar refractivity (Wildman–Crippen MR) is 133 cm³/mol. The summed E-state index contributed by atoms with van der Waals surface area (Å²) in [5.41, 5.74) is 2.95. The lowest BCUT2D eigenvalue weighted by Gasteiger charge is -2.19. The second-order valence-corrected chi connectivity index (χ2v) is 9.83. The molecule has 0 radical (unpaired) electrons. The number of hydrogen-bond donors (Lipinski definition) is 0. The van der Waals surface area contributed by atoms with Gasteiger partial charge in [0.1, 0.15) is 23.9 Å². The van der Waals surface area contributed by atoms with Crippen molar-refractivity contribution >= 4 is 11.8 Å². The third-order valence-electron chi connectivity index (χ3n) is 5.41. The molecule has 5 nitrogen and oxygen atoms in total. The van der Waals surface area contributed by atoms with Crippen molar-refractivity contribution in [1.82, 2.24) is 14.8 Å². The Hall–Kier alpha value is -3.32. The zero-order chi connectivity index (χ0) is 24.1. The standard InChI is InChI=1S/C27H28FN3O2S/c1-27(2,3)20-11-9-19(10-12-20)18-34-26-30-29-25(31(26)24-8-6-5-7-23(24)28)17-33-22-15-13-21(32-4)14-16-22/h5-16H,17-18H2,1-4H3. The summed E-state index contributed by atoms with van der Waals surface area (Å²) in [5.74, 6) is 2.28. The molecular weight excluding hydrogens is 449 g/mol. The van der Waals surface area contributed by atoms with Crippen LogP contribution in [-0.2, 0) is 17.8 Å². The zero-order valence-corrected chi connectivity index (χ0v) is 20.6. The number of methoxy groups -OCH3 is 1. The molecule has 1 aromatic heterocycles. The van der Waals surface area contributed by atoms with Gasteiger partial charge in [0.05, 0.1) is 12.8 Å². The second-order valence-electron chi connectivity index (χ2n) is 8.89. The van der Waals surface area contributed by atoms with Crippen LogP contribution in [0.5, 0.6) is 11.5 Å². The molecule has 0 aliphatic heterocycles. The van der Waals surface area contributed by atoms with Crippen LogP contribution in [0.3, 0.4) is 0 Å². The summed E-state index contributed by atoms with van der Waals surface area (Å²) in [6, 6.07) is 22.5. The lowest BCUT2D eigenvalue weighted by molar-refractivity contribution is 0.292. The number of aromatic nitrogens is 3. The predicted octanol–water partition coefficient (Wildman–Crippen LogP) is 6.58. The summed E-state index contributed by atoms with van der Waals surface area (Å²) in [6.45, 7) is 6.74. The highest BCUT2D eigenvalue weighted by Gasteiger charge is 2.18. The molecule has 4 rings (SSSR count).